The van der Waals surface area contributed by atoms with E-state index >= 15 is 0 Å². The molecule has 34 heavy (non-hydrogen) atoms. The van der Waals surface area contributed by atoms with Gasteiger partial charge in [-0.25, -0.2) is 9.59 Å². The third-order valence-corrected chi connectivity index (χ3v) is 4.91. The third-order valence-electron chi connectivity index (χ3n) is 4.91. The molecule has 0 bridgehead atoms. The normalized spacial score (nSPS) is 13.5. The Balaban J connectivity index is 5.90. The zero-order valence-electron chi connectivity index (χ0n) is 21.9. The molecule has 0 aliphatic carbocycles. The van der Waals surface area contributed by atoms with E-state index in [9.17, 15) is 19.2 Å². The van der Waals surface area contributed by atoms with Crippen molar-refractivity contribution < 1.29 is 28.7 Å². The molecule has 2 atom stereocenters. The number of alkyl carbamates (subject to hydrolysis) is 1. The van der Waals surface area contributed by atoms with Gasteiger partial charge in [-0.2, -0.15) is 0 Å². The molecule has 0 aromatic heterocycles. The van der Waals surface area contributed by atoms with Gasteiger partial charge < -0.3 is 25.4 Å². The van der Waals surface area contributed by atoms with Crippen molar-refractivity contribution in [1.29, 1.82) is 0 Å². The first-order valence-electron chi connectivity index (χ1n) is 11.5. The van der Waals surface area contributed by atoms with Gasteiger partial charge in [0.25, 0.3) is 0 Å². The van der Waals surface area contributed by atoms with Gasteiger partial charge in [-0.05, 0) is 51.9 Å². The molecule has 194 valence electrons. The summed E-state index contributed by atoms with van der Waals surface area (Å²) in [6.45, 7) is 19.9. The van der Waals surface area contributed by atoms with Gasteiger partial charge in [0, 0.05) is 0 Å². The Bertz CT molecular complexity index is 729. The van der Waals surface area contributed by atoms with Crippen molar-refractivity contribution in [1.82, 2.24) is 16.0 Å². The molecule has 0 aromatic rings. The van der Waals surface area contributed by atoms with Gasteiger partial charge in [-0.15, -0.1) is 13.2 Å². The monoisotopic (exact) mass is 481 g/mol. The van der Waals surface area contributed by atoms with Crippen LogP contribution in [0.2, 0.25) is 0 Å². The number of amides is 3. The zero-order chi connectivity index (χ0) is 26.7. The van der Waals surface area contributed by atoms with Gasteiger partial charge in [0.15, 0.2) is 0 Å². The van der Waals surface area contributed by atoms with Gasteiger partial charge in [0.1, 0.15) is 23.2 Å². The Kier molecular flexibility index (Phi) is 12.6. The van der Waals surface area contributed by atoms with E-state index in [1.54, 1.807) is 34.6 Å². The minimum atomic E-state index is -1.46. The molecular formula is C25H43N3O6. The fraction of sp³-hybridized carbons (Fsp3) is 0.680. The second-order valence-electron chi connectivity index (χ2n) is 10.1. The lowest BCUT2D eigenvalue weighted by Crippen LogP contribution is -2.63. The Morgan fingerprint density at radius 2 is 1.47 bits per heavy atom. The van der Waals surface area contributed by atoms with E-state index in [1.807, 2.05) is 13.8 Å². The number of ether oxygens (including phenoxy) is 2. The van der Waals surface area contributed by atoms with Crippen molar-refractivity contribution in [2.75, 3.05) is 7.11 Å². The highest BCUT2D eigenvalue weighted by Gasteiger charge is 2.41. The van der Waals surface area contributed by atoms with E-state index in [0.717, 1.165) is 0 Å². The van der Waals surface area contributed by atoms with E-state index in [4.69, 9.17) is 9.47 Å². The first kappa shape index (κ1) is 31.2. The number of carbonyl (C=O) groups excluding carboxylic acids is 4. The van der Waals surface area contributed by atoms with E-state index in [1.165, 1.54) is 19.3 Å². The zero-order valence-corrected chi connectivity index (χ0v) is 21.9. The van der Waals surface area contributed by atoms with Crippen LogP contribution in [0.25, 0.3) is 0 Å². The maximum atomic E-state index is 13.5. The highest BCUT2D eigenvalue weighted by atomic mass is 16.6. The van der Waals surface area contributed by atoms with Crippen molar-refractivity contribution in [2.45, 2.75) is 91.0 Å². The van der Waals surface area contributed by atoms with E-state index in [-0.39, 0.29) is 24.7 Å². The first-order valence-corrected chi connectivity index (χ1v) is 11.5. The molecule has 0 unspecified atom stereocenters. The number of nitrogens with one attached hydrogen (secondary N) is 3. The number of hydrogen-bond donors (Lipinski definition) is 3. The summed E-state index contributed by atoms with van der Waals surface area (Å²) in [5, 5.41) is 8.08. The molecule has 0 saturated carbocycles. The van der Waals surface area contributed by atoms with E-state index in [2.05, 4.69) is 29.1 Å². The lowest BCUT2D eigenvalue weighted by atomic mass is 9.88. The van der Waals surface area contributed by atoms with Crippen molar-refractivity contribution in [3.8, 4) is 0 Å². The summed E-state index contributed by atoms with van der Waals surface area (Å²) < 4.78 is 10.1. The van der Waals surface area contributed by atoms with Gasteiger partial charge >= 0.3 is 12.1 Å². The van der Waals surface area contributed by atoms with Crippen molar-refractivity contribution in [2.24, 2.45) is 11.8 Å². The predicted molar refractivity (Wildman–Crippen MR) is 132 cm³/mol. The molecule has 0 fully saturated rings. The van der Waals surface area contributed by atoms with Crippen molar-refractivity contribution in [3.05, 3.63) is 25.3 Å². The van der Waals surface area contributed by atoms with E-state index < -0.39 is 47.1 Å². The Labute approximate surface area is 204 Å². The molecule has 0 heterocycles. The predicted octanol–water partition coefficient (Wildman–Crippen LogP) is 3.25. The summed E-state index contributed by atoms with van der Waals surface area (Å²) in [5.41, 5.74) is -2.23. The minimum absolute atomic E-state index is 0.0780. The van der Waals surface area contributed by atoms with Crippen molar-refractivity contribution >= 4 is 23.9 Å². The van der Waals surface area contributed by atoms with Crippen LogP contribution >= 0.6 is 0 Å². The number of carbonyl (C=O) groups is 4. The Morgan fingerprint density at radius 1 is 0.941 bits per heavy atom. The largest absolute Gasteiger partial charge is 0.467 e. The summed E-state index contributed by atoms with van der Waals surface area (Å²) in [6, 6.07) is -1.82. The number of esters is 1. The molecule has 0 saturated heterocycles. The molecule has 0 radical (unpaired) electrons. The molecule has 0 aromatic carbocycles. The van der Waals surface area contributed by atoms with Crippen LogP contribution in [0, 0.1) is 11.8 Å². The smallest absolute Gasteiger partial charge is 0.408 e. The number of rotatable bonds is 13. The molecule has 3 amide bonds. The maximum Gasteiger partial charge on any atom is 0.408 e. The topological polar surface area (TPSA) is 123 Å². The van der Waals surface area contributed by atoms with Gasteiger partial charge in [0.05, 0.1) is 7.11 Å². The molecule has 3 N–H and O–H groups in total. The number of methoxy groups -OCH3 is 1. The summed E-state index contributed by atoms with van der Waals surface area (Å²) in [4.78, 5) is 51.2. The van der Waals surface area contributed by atoms with Crippen LogP contribution in [-0.4, -0.2) is 54.2 Å². The van der Waals surface area contributed by atoms with E-state index in [0.29, 0.717) is 6.42 Å². The summed E-state index contributed by atoms with van der Waals surface area (Å²) in [7, 11) is 1.25. The van der Waals surface area contributed by atoms with Crippen LogP contribution in [0.3, 0.4) is 0 Å². The Morgan fingerprint density at radius 3 is 1.85 bits per heavy atom. The second kappa shape index (κ2) is 13.8. The fourth-order valence-corrected chi connectivity index (χ4v) is 3.32. The summed E-state index contributed by atoms with van der Waals surface area (Å²) >= 11 is 0. The highest BCUT2D eigenvalue weighted by Crippen LogP contribution is 2.20. The fourth-order valence-electron chi connectivity index (χ4n) is 3.32. The summed E-state index contributed by atoms with van der Waals surface area (Å²) in [6.07, 6.45) is 2.76. The molecule has 0 aliphatic heterocycles. The average molecular weight is 482 g/mol. The second-order valence-corrected chi connectivity index (χ2v) is 10.1. The minimum Gasteiger partial charge on any atom is -0.467 e. The number of hydrogen-bond acceptors (Lipinski definition) is 6. The quantitative estimate of drug-likeness (QED) is 0.274. The Hall–Kier alpha value is -2.84. The molecular weight excluding hydrogens is 438 g/mol. The standard InChI is InChI=1S/C25H43N3O6/c1-11-13-25(14-12-2,28-23(32)34-24(7,8)9)22(31)27-19(17(5)6)20(29)26-18(15-16(3)4)21(30)33-10/h11-12,16-19H,1-2,13-15H2,3-10H3,(H,26,29)(H,27,31)(H,28,32)/t18-,19+/m0/s1. The van der Waals surface area contributed by atoms with Crippen LogP contribution in [0.1, 0.15) is 67.7 Å². The first-order chi connectivity index (χ1) is 15.6. The molecule has 9 nitrogen and oxygen atoms in total. The average Bonchev–Trinajstić information content (AvgIpc) is 2.68. The highest BCUT2D eigenvalue weighted by molar-refractivity contribution is 5.95. The van der Waals surface area contributed by atoms with Crippen LogP contribution in [0.15, 0.2) is 25.3 Å². The van der Waals surface area contributed by atoms with Gasteiger partial charge in [-0.3, -0.25) is 9.59 Å². The van der Waals surface area contributed by atoms with Crippen LogP contribution < -0.4 is 16.0 Å². The lowest BCUT2D eigenvalue weighted by molar-refractivity contribution is -0.146. The van der Waals surface area contributed by atoms with Gasteiger partial charge in [0.2, 0.25) is 11.8 Å². The molecule has 0 rings (SSSR count). The van der Waals surface area contributed by atoms with Crippen LogP contribution in [-0.2, 0) is 23.9 Å². The molecule has 0 spiro atoms. The van der Waals surface area contributed by atoms with Gasteiger partial charge in [-0.1, -0.05) is 39.8 Å². The SMILES string of the molecule is C=CCC(CC=C)(NC(=O)OC(C)(C)C)C(=O)N[C@@H](C(=O)N[C@@H](CC(C)C)C(=O)OC)C(C)C. The summed E-state index contributed by atoms with van der Waals surface area (Å²) in [5.74, 6) is -1.86. The molecule has 0 aliphatic rings. The lowest BCUT2D eigenvalue weighted by Gasteiger charge is -2.35. The van der Waals surface area contributed by atoms with Crippen LogP contribution in [0.4, 0.5) is 4.79 Å². The van der Waals surface area contributed by atoms with Crippen molar-refractivity contribution in [3.63, 3.8) is 0 Å². The molecule has 9 heteroatoms. The van der Waals surface area contributed by atoms with Crippen LogP contribution in [0.5, 0.6) is 0 Å². The third kappa shape index (κ3) is 10.4. The maximum absolute atomic E-state index is 13.5.